The second-order valence-electron chi connectivity index (χ2n) is 8.72. The third-order valence-electron chi connectivity index (χ3n) is 5.80. The molecule has 1 fully saturated rings. The summed E-state index contributed by atoms with van der Waals surface area (Å²) < 4.78 is 32.7. The molecule has 0 aliphatic carbocycles. The average Bonchev–Trinajstić information content (AvgIpc) is 2.84. The molecule has 206 valence electrons. The Morgan fingerprint density at radius 2 is 2.00 bits per heavy atom. The van der Waals surface area contributed by atoms with E-state index in [1.807, 2.05) is 5.48 Å². The zero-order valence-corrected chi connectivity index (χ0v) is 21.4. The molecule has 1 amide bonds. The number of benzene rings is 1. The summed E-state index contributed by atoms with van der Waals surface area (Å²) in [6.07, 6.45) is -1.06. The van der Waals surface area contributed by atoms with Gasteiger partial charge in [-0.05, 0) is 39.8 Å². The van der Waals surface area contributed by atoms with E-state index in [0.29, 0.717) is 0 Å². The summed E-state index contributed by atoms with van der Waals surface area (Å²) in [6.45, 7) is 6.17. The van der Waals surface area contributed by atoms with E-state index in [-0.39, 0.29) is 35.5 Å². The van der Waals surface area contributed by atoms with Crippen LogP contribution >= 0.6 is 0 Å². The van der Waals surface area contributed by atoms with Crippen molar-refractivity contribution in [3.05, 3.63) is 33.7 Å². The highest BCUT2D eigenvalue weighted by molar-refractivity contribution is 5.99. The van der Waals surface area contributed by atoms with Crippen molar-refractivity contribution in [1.29, 1.82) is 0 Å². The monoisotopic (exact) mass is 535 g/mol. The normalized spacial score (nSPS) is 22.3. The van der Waals surface area contributed by atoms with Crippen molar-refractivity contribution in [2.24, 2.45) is 0 Å². The number of aryl methyl sites for hydroxylation is 1. The van der Waals surface area contributed by atoms with Gasteiger partial charge in [-0.25, -0.2) is 14.4 Å². The molecule has 1 aliphatic rings. The maximum atomic E-state index is 12.4. The first kappa shape index (κ1) is 28.7. The van der Waals surface area contributed by atoms with Crippen molar-refractivity contribution < 1.29 is 52.7 Å². The molecule has 3 N–H and O–H groups in total. The van der Waals surface area contributed by atoms with Gasteiger partial charge in [-0.15, -0.1) is 6.42 Å². The maximum absolute atomic E-state index is 12.4. The molecule has 0 radical (unpaired) electrons. The van der Waals surface area contributed by atoms with Crippen LogP contribution in [0.4, 0.5) is 4.79 Å². The number of aliphatic hydroxyl groups excluding tert-OH is 1. The molecule has 4 atom stereocenters. The summed E-state index contributed by atoms with van der Waals surface area (Å²) in [5, 5.41) is 21.6. The molecule has 13 heteroatoms. The molecule has 1 aromatic carbocycles. The molecule has 1 saturated heterocycles. The van der Waals surface area contributed by atoms with Gasteiger partial charge < -0.3 is 38.3 Å². The lowest BCUT2D eigenvalue weighted by molar-refractivity contribution is -0.305. The van der Waals surface area contributed by atoms with Crippen molar-refractivity contribution in [3.63, 3.8) is 0 Å². The molecule has 0 spiro atoms. The van der Waals surface area contributed by atoms with Gasteiger partial charge in [0, 0.05) is 12.7 Å². The second-order valence-corrected chi connectivity index (χ2v) is 8.72. The number of methoxy groups -OCH3 is 1. The second kappa shape index (κ2) is 11.7. The van der Waals surface area contributed by atoms with Crippen LogP contribution in [0, 0.1) is 19.3 Å². The molecule has 1 aliphatic heterocycles. The van der Waals surface area contributed by atoms with E-state index < -0.39 is 59.2 Å². The number of aliphatic hydroxyl groups is 1. The van der Waals surface area contributed by atoms with Gasteiger partial charge in [0.15, 0.2) is 17.8 Å². The zero-order chi connectivity index (χ0) is 28.2. The number of amides is 1. The van der Waals surface area contributed by atoms with Gasteiger partial charge in [-0.3, -0.25) is 4.84 Å². The Labute approximate surface area is 217 Å². The van der Waals surface area contributed by atoms with E-state index in [1.54, 1.807) is 20.8 Å². The number of hydrogen-bond acceptors (Lipinski definition) is 12. The fourth-order valence-corrected chi connectivity index (χ4v) is 4.10. The minimum atomic E-state index is -1.55. The van der Waals surface area contributed by atoms with E-state index in [9.17, 15) is 24.6 Å². The van der Waals surface area contributed by atoms with Crippen molar-refractivity contribution in [2.45, 2.75) is 57.9 Å². The third kappa shape index (κ3) is 5.68. The Balaban J connectivity index is 1.93. The molecule has 3 rings (SSSR count). The Bertz CT molecular complexity index is 1290. The minimum absolute atomic E-state index is 0.00412. The number of terminal acetylenes is 1. The highest BCUT2D eigenvalue weighted by atomic mass is 16.7. The number of ether oxygens (including phenoxy) is 5. The van der Waals surface area contributed by atoms with Gasteiger partial charge in [0.25, 0.3) is 0 Å². The molecule has 1 aromatic heterocycles. The first-order chi connectivity index (χ1) is 18.0. The molecular formula is C25H29NO12. The number of rotatable bonds is 8. The summed E-state index contributed by atoms with van der Waals surface area (Å²) in [7, 11) is 1.36. The number of carbonyl (C=O) groups excluding carboxylic acids is 2. The van der Waals surface area contributed by atoms with Crippen LogP contribution in [0.3, 0.4) is 0 Å². The number of hydroxylamine groups is 1. The Kier molecular flexibility index (Phi) is 8.85. The Hall–Kier alpha value is -3.83. The van der Waals surface area contributed by atoms with Crippen LogP contribution in [0.2, 0.25) is 0 Å². The highest BCUT2D eigenvalue weighted by Gasteiger charge is 2.53. The first-order valence-electron chi connectivity index (χ1n) is 11.5. The van der Waals surface area contributed by atoms with Crippen LogP contribution in [0.25, 0.3) is 11.0 Å². The van der Waals surface area contributed by atoms with Crippen LogP contribution in [0.5, 0.6) is 11.5 Å². The van der Waals surface area contributed by atoms with Crippen LogP contribution in [-0.2, 0) is 23.8 Å². The summed E-state index contributed by atoms with van der Waals surface area (Å²) >= 11 is 0. The van der Waals surface area contributed by atoms with Gasteiger partial charge in [-0.1, -0.05) is 5.92 Å². The van der Waals surface area contributed by atoms with Crippen LogP contribution < -0.4 is 15.8 Å². The largest absolute Gasteiger partial charge is 0.506 e. The van der Waals surface area contributed by atoms with E-state index in [1.165, 1.54) is 26.2 Å². The predicted molar refractivity (Wildman–Crippen MR) is 129 cm³/mol. The molecule has 0 bridgehead atoms. The van der Waals surface area contributed by atoms with Gasteiger partial charge in [-0.2, -0.15) is 5.48 Å². The number of nitrogens with one attached hydrogen (secondary N) is 1. The van der Waals surface area contributed by atoms with Crippen LogP contribution in [0.1, 0.15) is 36.7 Å². The van der Waals surface area contributed by atoms with E-state index in [4.69, 9.17) is 39.4 Å². The van der Waals surface area contributed by atoms with E-state index in [0.717, 1.165) is 0 Å². The third-order valence-corrected chi connectivity index (χ3v) is 5.80. The standard InChI is InChI=1S/C25H29NO12/c1-7-11-34-26-24(31)37-19-17(28)23(38-25(4,5)20(19)32-6)35-14-10-9-13-16(27)15(21(29)33-8-2)22(30)36-18(13)12(14)3/h1,9-10,17,19-20,23,27-28H,8,11H2,2-6H3,(H,26,31)/t17-,19+,20-,23-/m1/s1. The van der Waals surface area contributed by atoms with E-state index in [2.05, 4.69) is 5.92 Å². The number of esters is 1. The average molecular weight is 536 g/mol. The quantitative estimate of drug-likeness (QED) is 0.147. The van der Waals surface area contributed by atoms with Gasteiger partial charge in [0.1, 0.15) is 29.8 Å². The maximum Gasteiger partial charge on any atom is 0.431 e. The summed E-state index contributed by atoms with van der Waals surface area (Å²) in [5.74, 6) is 0.657. The number of aromatic hydroxyl groups is 1. The Morgan fingerprint density at radius 1 is 1.29 bits per heavy atom. The van der Waals surface area contributed by atoms with Crippen molar-refractivity contribution in [3.8, 4) is 23.8 Å². The summed E-state index contributed by atoms with van der Waals surface area (Å²) in [6, 6.07) is 2.79. The van der Waals surface area contributed by atoms with Crippen molar-refractivity contribution in [2.75, 3.05) is 20.3 Å². The highest BCUT2D eigenvalue weighted by Crippen LogP contribution is 2.37. The SMILES string of the molecule is C#CCONC(=O)O[C@H]1[C@@H](O)[C@H](Oc2ccc3c(O)c(C(=O)OCC)c(=O)oc3c2C)OC(C)(C)[C@@H]1OC. The predicted octanol–water partition coefficient (Wildman–Crippen LogP) is 1.53. The lowest BCUT2D eigenvalue weighted by atomic mass is 9.89. The molecule has 13 nitrogen and oxygen atoms in total. The number of carbonyl (C=O) groups is 2. The lowest BCUT2D eigenvalue weighted by Crippen LogP contribution is -2.65. The Morgan fingerprint density at radius 3 is 2.63 bits per heavy atom. The summed E-state index contributed by atoms with van der Waals surface area (Å²) in [5.41, 5.74) is -0.653. The van der Waals surface area contributed by atoms with Gasteiger partial charge in [0.2, 0.25) is 6.29 Å². The molecule has 0 unspecified atom stereocenters. The molecule has 2 heterocycles. The van der Waals surface area contributed by atoms with E-state index >= 15 is 0 Å². The van der Waals surface area contributed by atoms with Crippen molar-refractivity contribution in [1.82, 2.24) is 5.48 Å². The van der Waals surface area contributed by atoms with Crippen molar-refractivity contribution >= 4 is 23.0 Å². The topological polar surface area (TPSA) is 172 Å². The van der Waals surface area contributed by atoms with Gasteiger partial charge >= 0.3 is 17.7 Å². The fourth-order valence-electron chi connectivity index (χ4n) is 4.10. The van der Waals surface area contributed by atoms with Crippen LogP contribution in [0.15, 0.2) is 21.3 Å². The number of fused-ring (bicyclic) bond motifs is 1. The molecule has 2 aromatic rings. The zero-order valence-electron chi connectivity index (χ0n) is 21.4. The lowest BCUT2D eigenvalue weighted by Gasteiger charge is -2.47. The molecule has 38 heavy (non-hydrogen) atoms. The molecule has 0 saturated carbocycles. The summed E-state index contributed by atoms with van der Waals surface area (Å²) in [4.78, 5) is 41.5. The minimum Gasteiger partial charge on any atom is -0.506 e. The number of hydrogen-bond donors (Lipinski definition) is 3. The smallest absolute Gasteiger partial charge is 0.431 e. The first-order valence-corrected chi connectivity index (χ1v) is 11.5. The molecular weight excluding hydrogens is 506 g/mol. The fraction of sp³-hybridized carbons (Fsp3) is 0.480. The van der Waals surface area contributed by atoms with Gasteiger partial charge in [0.05, 0.1) is 17.6 Å². The van der Waals surface area contributed by atoms with Crippen LogP contribution in [-0.4, -0.2) is 72.8 Å².